The Morgan fingerprint density at radius 2 is 1.83 bits per heavy atom. The van der Waals surface area contributed by atoms with Crippen molar-refractivity contribution < 1.29 is 19.1 Å². The molecular formula is C17H15NO5. The fourth-order valence-corrected chi connectivity index (χ4v) is 2.53. The molecule has 1 aliphatic heterocycles. The molecule has 0 aromatic heterocycles. The molecule has 3 rings (SSSR count). The summed E-state index contributed by atoms with van der Waals surface area (Å²) >= 11 is 0. The number of fused-ring (bicyclic) bond motifs is 1. The second-order valence-corrected chi connectivity index (χ2v) is 4.98. The standard InChI is InChI=1S/C17H15NO5/c1-21-15-8-7-12(10-16(15)22-2)17-13(18(19)20)9-11-5-3-4-6-14(11)23-17/h3-10,17H,1-2H3/t17-/m0/s1. The molecule has 6 heteroatoms. The smallest absolute Gasteiger partial charge is 0.291 e. The number of ether oxygens (including phenoxy) is 3. The van der Waals surface area contributed by atoms with Crippen LogP contribution < -0.4 is 14.2 Å². The van der Waals surface area contributed by atoms with Crippen molar-refractivity contribution in [2.45, 2.75) is 6.10 Å². The van der Waals surface area contributed by atoms with E-state index in [1.54, 1.807) is 36.4 Å². The lowest BCUT2D eigenvalue weighted by molar-refractivity contribution is -0.434. The Morgan fingerprint density at radius 1 is 1.09 bits per heavy atom. The maximum absolute atomic E-state index is 11.4. The van der Waals surface area contributed by atoms with Crippen LogP contribution in [0.4, 0.5) is 0 Å². The first-order valence-corrected chi connectivity index (χ1v) is 6.97. The maximum atomic E-state index is 11.4. The van der Waals surface area contributed by atoms with Gasteiger partial charge in [-0.25, -0.2) is 0 Å². The minimum Gasteiger partial charge on any atom is -0.493 e. The summed E-state index contributed by atoms with van der Waals surface area (Å²) in [6.45, 7) is 0. The van der Waals surface area contributed by atoms with E-state index in [4.69, 9.17) is 14.2 Å². The third-order valence-corrected chi connectivity index (χ3v) is 3.66. The third-order valence-electron chi connectivity index (χ3n) is 3.66. The van der Waals surface area contributed by atoms with Crippen molar-refractivity contribution in [2.75, 3.05) is 14.2 Å². The largest absolute Gasteiger partial charge is 0.493 e. The third kappa shape index (κ3) is 2.70. The second kappa shape index (κ2) is 6.00. The predicted molar refractivity (Wildman–Crippen MR) is 84.3 cm³/mol. The lowest BCUT2D eigenvalue weighted by atomic mass is 10.0. The molecule has 118 valence electrons. The van der Waals surface area contributed by atoms with E-state index in [0.717, 1.165) is 0 Å². The summed E-state index contributed by atoms with van der Waals surface area (Å²) in [5, 5.41) is 11.4. The summed E-state index contributed by atoms with van der Waals surface area (Å²) in [4.78, 5) is 11.0. The van der Waals surface area contributed by atoms with E-state index < -0.39 is 11.0 Å². The molecule has 2 aromatic carbocycles. The van der Waals surface area contributed by atoms with Crippen molar-refractivity contribution in [3.8, 4) is 17.2 Å². The van der Waals surface area contributed by atoms with E-state index in [1.165, 1.54) is 14.2 Å². The highest BCUT2D eigenvalue weighted by atomic mass is 16.6. The van der Waals surface area contributed by atoms with Gasteiger partial charge in [0.2, 0.25) is 6.10 Å². The Labute approximate surface area is 133 Å². The minimum atomic E-state index is -0.806. The monoisotopic (exact) mass is 313 g/mol. The summed E-state index contributed by atoms with van der Waals surface area (Å²) in [5.74, 6) is 1.66. The molecule has 0 fully saturated rings. The summed E-state index contributed by atoms with van der Waals surface area (Å²) in [6, 6.07) is 12.3. The normalized spacial score (nSPS) is 15.9. The zero-order chi connectivity index (χ0) is 16.4. The van der Waals surface area contributed by atoms with Crippen LogP contribution in [-0.4, -0.2) is 19.1 Å². The molecule has 0 radical (unpaired) electrons. The van der Waals surface area contributed by atoms with Crippen LogP contribution in [0.25, 0.3) is 6.08 Å². The fourth-order valence-electron chi connectivity index (χ4n) is 2.53. The van der Waals surface area contributed by atoms with Gasteiger partial charge in [0.1, 0.15) is 5.75 Å². The number of nitro groups is 1. The van der Waals surface area contributed by atoms with Gasteiger partial charge < -0.3 is 14.2 Å². The highest BCUT2D eigenvalue weighted by Crippen LogP contribution is 2.39. The van der Waals surface area contributed by atoms with E-state index in [2.05, 4.69) is 0 Å². The Hall–Kier alpha value is -3.02. The first-order valence-electron chi connectivity index (χ1n) is 6.97. The molecule has 0 amide bonds. The van der Waals surface area contributed by atoms with Gasteiger partial charge in [0, 0.05) is 17.2 Å². The van der Waals surface area contributed by atoms with Gasteiger partial charge in [-0.1, -0.05) is 24.3 Å². The molecule has 0 aliphatic carbocycles. The van der Waals surface area contributed by atoms with Crippen molar-refractivity contribution in [2.24, 2.45) is 0 Å². The number of nitrogens with zero attached hydrogens (tertiary/aromatic N) is 1. The highest BCUT2D eigenvalue weighted by Gasteiger charge is 2.33. The van der Waals surface area contributed by atoms with E-state index in [-0.39, 0.29) is 5.70 Å². The van der Waals surface area contributed by atoms with E-state index in [1.807, 2.05) is 12.1 Å². The Bertz CT molecular complexity index is 784. The van der Waals surface area contributed by atoms with Crippen LogP contribution in [0.1, 0.15) is 17.2 Å². The summed E-state index contributed by atoms with van der Waals surface area (Å²) < 4.78 is 16.3. The van der Waals surface area contributed by atoms with Gasteiger partial charge in [-0.15, -0.1) is 0 Å². The lowest BCUT2D eigenvalue weighted by Crippen LogP contribution is -2.19. The SMILES string of the molecule is COc1ccc([C@@H]2Oc3ccccc3C=C2[N+](=O)[O-])cc1OC. The molecule has 0 spiro atoms. The van der Waals surface area contributed by atoms with Crippen LogP contribution in [0.15, 0.2) is 48.2 Å². The van der Waals surface area contributed by atoms with Crippen molar-refractivity contribution >= 4 is 6.08 Å². The van der Waals surface area contributed by atoms with Crippen LogP contribution in [-0.2, 0) is 0 Å². The van der Waals surface area contributed by atoms with Crippen LogP contribution in [0, 0.1) is 10.1 Å². The van der Waals surface area contributed by atoms with Crippen LogP contribution in [0.5, 0.6) is 17.2 Å². The number of hydrogen-bond donors (Lipinski definition) is 0. The maximum Gasteiger partial charge on any atom is 0.291 e. The Kier molecular flexibility index (Phi) is 3.89. The molecule has 0 saturated carbocycles. The van der Waals surface area contributed by atoms with Crippen molar-refractivity contribution in [3.63, 3.8) is 0 Å². The molecule has 2 aromatic rings. The Balaban J connectivity index is 2.07. The second-order valence-electron chi connectivity index (χ2n) is 4.98. The van der Waals surface area contributed by atoms with Crippen LogP contribution >= 0.6 is 0 Å². The number of rotatable bonds is 4. The zero-order valence-corrected chi connectivity index (χ0v) is 12.7. The van der Waals surface area contributed by atoms with Gasteiger partial charge in [-0.3, -0.25) is 10.1 Å². The van der Waals surface area contributed by atoms with Crippen LogP contribution in [0.3, 0.4) is 0 Å². The van der Waals surface area contributed by atoms with E-state index in [0.29, 0.717) is 28.4 Å². The summed E-state index contributed by atoms with van der Waals surface area (Å²) in [6.07, 6.45) is 0.736. The lowest BCUT2D eigenvalue weighted by Gasteiger charge is -2.23. The van der Waals surface area contributed by atoms with Gasteiger partial charge in [0.05, 0.1) is 19.1 Å². The van der Waals surface area contributed by atoms with Crippen molar-refractivity contribution in [1.82, 2.24) is 0 Å². The number of hydrogen-bond acceptors (Lipinski definition) is 5. The molecule has 1 heterocycles. The molecule has 0 unspecified atom stereocenters. The van der Waals surface area contributed by atoms with E-state index in [9.17, 15) is 10.1 Å². The fraction of sp³-hybridized carbons (Fsp3) is 0.176. The number of methoxy groups -OCH3 is 2. The summed E-state index contributed by atoms with van der Waals surface area (Å²) in [5.41, 5.74) is 1.30. The average molecular weight is 313 g/mol. The number of para-hydroxylation sites is 1. The van der Waals surface area contributed by atoms with Crippen molar-refractivity contribution in [1.29, 1.82) is 0 Å². The van der Waals surface area contributed by atoms with Gasteiger partial charge in [0.25, 0.3) is 5.70 Å². The number of benzene rings is 2. The van der Waals surface area contributed by atoms with Gasteiger partial charge in [-0.05, 0) is 18.2 Å². The molecule has 0 N–H and O–H groups in total. The molecular weight excluding hydrogens is 298 g/mol. The molecule has 23 heavy (non-hydrogen) atoms. The quantitative estimate of drug-likeness (QED) is 0.638. The van der Waals surface area contributed by atoms with Gasteiger partial charge in [0.15, 0.2) is 11.5 Å². The molecule has 0 bridgehead atoms. The predicted octanol–water partition coefficient (Wildman–Crippen LogP) is 3.46. The first kappa shape index (κ1) is 14.9. The topological polar surface area (TPSA) is 70.8 Å². The zero-order valence-electron chi connectivity index (χ0n) is 12.7. The van der Waals surface area contributed by atoms with Crippen molar-refractivity contribution in [3.05, 3.63) is 69.4 Å². The summed E-state index contributed by atoms with van der Waals surface area (Å²) in [7, 11) is 3.05. The first-order chi connectivity index (χ1) is 11.1. The van der Waals surface area contributed by atoms with Gasteiger partial charge >= 0.3 is 0 Å². The highest BCUT2D eigenvalue weighted by molar-refractivity contribution is 5.62. The van der Waals surface area contributed by atoms with Gasteiger partial charge in [-0.2, -0.15) is 0 Å². The minimum absolute atomic E-state index is 0.0177. The molecule has 1 atom stereocenters. The van der Waals surface area contributed by atoms with Crippen LogP contribution in [0.2, 0.25) is 0 Å². The molecule has 6 nitrogen and oxygen atoms in total. The average Bonchev–Trinajstić information content (AvgIpc) is 2.59. The molecule has 0 saturated heterocycles. The molecule has 1 aliphatic rings. The van der Waals surface area contributed by atoms with E-state index >= 15 is 0 Å². The Morgan fingerprint density at radius 3 is 2.52 bits per heavy atom.